The van der Waals surface area contributed by atoms with Gasteiger partial charge in [-0.05, 0) is 125 Å². The first-order chi connectivity index (χ1) is 21.9. The summed E-state index contributed by atoms with van der Waals surface area (Å²) >= 11 is 0. The molecule has 0 amide bonds. The Morgan fingerprint density at radius 1 is 0.674 bits per heavy atom. The minimum Gasteiger partial charge on any atom is -0.487 e. The van der Waals surface area contributed by atoms with Crippen molar-refractivity contribution in [1.82, 2.24) is 0 Å². The Morgan fingerprint density at radius 3 is 1.65 bits per heavy atom. The van der Waals surface area contributed by atoms with E-state index in [9.17, 15) is 9.59 Å². The quantitative estimate of drug-likeness (QED) is 0.140. The second-order valence-corrected chi connectivity index (χ2v) is 13.8. The normalized spacial score (nSPS) is 15.9. The van der Waals surface area contributed by atoms with Gasteiger partial charge in [-0.3, -0.25) is 0 Å². The Labute approximate surface area is 277 Å². The highest BCUT2D eigenvalue weighted by atomic mass is 16.6. The van der Waals surface area contributed by atoms with E-state index in [4.69, 9.17) is 14.2 Å². The molecule has 5 nitrogen and oxygen atoms in total. The summed E-state index contributed by atoms with van der Waals surface area (Å²) < 4.78 is 18.2. The SMILES string of the molecule is CCCC(C)(CC)Oc1ccc(C2(c3ccc(OC(=O)c4ccc(C(=O)OC(C)(CC)CC)cc4)c(C)c3)CCCCC2)cc1C. The molecule has 3 aromatic rings. The van der Waals surface area contributed by atoms with Gasteiger partial charge in [0.2, 0.25) is 0 Å². The Kier molecular flexibility index (Phi) is 11.4. The van der Waals surface area contributed by atoms with E-state index in [2.05, 4.69) is 58.0 Å². The highest BCUT2D eigenvalue weighted by molar-refractivity contribution is 5.94. The topological polar surface area (TPSA) is 61.8 Å². The van der Waals surface area contributed by atoms with E-state index in [1.54, 1.807) is 24.3 Å². The van der Waals surface area contributed by atoms with Crippen molar-refractivity contribution in [3.8, 4) is 11.5 Å². The van der Waals surface area contributed by atoms with Gasteiger partial charge in [0.15, 0.2) is 0 Å². The molecule has 0 bridgehead atoms. The Balaban J connectivity index is 1.54. The number of esters is 2. The van der Waals surface area contributed by atoms with Crippen LogP contribution in [0.3, 0.4) is 0 Å². The number of carbonyl (C=O) groups excluding carboxylic acids is 2. The van der Waals surface area contributed by atoms with E-state index in [-0.39, 0.29) is 17.0 Å². The summed E-state index contributed by atoms with van der Waals surface area (Å²) in [7, 11) is 0. The maximum absolute atomic E-state index is 13.1. The smallest absolute Gasteiger partial charge is 0.343 e. The van der Waals surface area contributed by atoms with Crippen LogP contribution in [0.1, 0.15) is 149 Å². The molecule has 1 unspecified atom stereocenters. The third-order valence-electron chi connectivity index (χ3n) is 10.4. The van der Waals surface area contributed by atoms with Gasteiger partial charge < -0.3 is 14.2 Å². The molecule has 0 N–H and O–H groups in total. The molecule has 5 heteroatoms. The predicted molar refractivity (Wildman–Crippen MR) is 186 cm³/mol. The zero-order valence-corrected chi connectivity index (χ0v) is 29.4. The third-order valence-corrected chi connectivity index (χ3v) is 10.4. The Hall–Kier alpha value is -3.60. The molecule has 1 aliphatic carbocycles. The maximum atomic E-state index is 13.1. The van der Waals surface area contributed by atoms with Gasteiger partial charge in [0.05, 0.1) is 11.1 Å². The molecule has 0 aliphatic heterocycles. The van der Waals surface area contributed by atoms with Crippen LogP contribution in [0.5, 0.6) is 11.5 Å². The van der Waals surface area contributed by atoms with E-state index in [1.807, 2.05) is 33.8 Å². The summed E-state index contributed by atoms with van der Waals surface area (Å²) in [5, 5.41) is 0. The average molecular weight is 627 g/mol. The molecular weight excluding hydrogens is 572 g/mol. The fraction of sp³-hybridized carbons (Fsp3) is 0.512. The number of hydrogen-bond acceptors (Lipinski definition) is 5. The van der Waals surface area contributed by atoms with E-state index in [1.165, 1.54) is 36.0 Å². The molecule has 1 fully saturated rings. The zero-order chi connectivity index (χ0) is 33.5. The molecule has 0 saturated heterocycles. The third kappa shape index (κ3) is 7.85. The first-order valence-corrected chi connectivity index (χ1v) is 17.4. The molecule has 0 spiro atoms. The molecule has 46 heavy (non-hydrogen) atoms. The molecule has 4 rings (SSSR count). The zero-order valence-electron chi connectivity index (χ0n) is 29.4. The van der Waals surface area contributed by atoms with E-state index >= 15 is 0 Å². The predicted octanol–water partition coefficient (Wildman–Crippen LogP) is 10.9. The minimum absolute atomic E-state index is 0.0949. The van der Waals surface area contributed by atoms with E-state index in [0.717, 1.165) is 56.3 Å². The van der Waals surface area contributed by atoms with Gasteiger partial charge in [0.25, 0.3) is 0 Å². The van der Waals surface area contributed by atoms with Crippen molar-refractivity contribution in [2.75, 3.05) is 0 Å². The number of ether oxygens (including phenoxy) is 3. The highest BCUT2D eigenvalue weighted by Gasteiger charge is 2.37. The van der Waals surface area contributed by atoms with Crippen LogP contribution in [-0.2, 0) is 10.2 Å². The summed E-state index contributed by atoms with van der Waals surface area (Å²) in [5.41, 5.74) is 4.72. The molecule has 1 atom stereocenters. The molecule has 1 saturated carbocycles. The lowest BCUT2D eigenvalue weighted by molar-refractivity contribution is -0.0131. The van der Waals surface area contributed by atoms with Crippen LogP contribution >= 0.6 is 0 Å². The van der Waals surface area contributed by atoms with Gasteiger partial charge in [-0.2, -0.15) is 0 Å². The molecule has 0 radical (unpaired) electrons. The van der Waals surface area contributed by atoms with Crippen LogP contribution in [0.2, 0.25) is 0 Å². The van der Waals surface area contributed by atoms with Crippen molar-refractivity contribution in [2.45, 2.75) is 136 Å². The fourth-order valence-electron chi connectivity index (χ4n) is 6.70. The van der Waals surface area contributed by atoms with Crippen LogP contribution in [0.15, 0.2) is 60.7 Å². The van der Waals surface area contributed by atoms with Gasteiger partial charge in [0, 0.05) is 5.41 Å². The lowest BCUT2D eigenvalue weighted by atomic mass is 9.65. The molecule has 248 valence electrons. The number of aryl methyl sites for hydroxylation is 2. The molecular formula is C41H54O5. The second kappa shape index (κ2) is 14.9. The van der Waals surface area contributed by atoms with Crippen LogP contribution in [0.4, 0.5) is 0 Å². The number of hydrogen-bond donors (Lipinski definition) is 0. The van der Waals surface area contributed by atoms with Crippen molar-refractivity contribution in [3.63, 3.8) is 0 Å². The Morgan fingerprint density at radius 2 is 1.17 bits per heavy atom. The van der Waals surface area contributed by atoms with Gasteiger partial charge in [-0.1, -0.05) is 77.6 Å². The maximum Gasteiger partial charge on any atom is 0.343 e. The summed E-state index contributed by atoms with van der Waals surface area (Å²) in [6.45, 7) is 16.7. The first kappa shape index (κ1) is 35.3. The largest absolute Gasteiger partial charge is 0.487 e. The van der Waals surface area contributed by atoms with Gasteiger partial charge in [-0.15, -0.1) is 0 Å². The summed E-state index contributed by atoms with van der Waals surface area (Å²) in [6.07, 6.45) is 10.3. The second-order valence-electron chi connectivity index (χ2n) is 13.8. The van der Waals surface area contributed by atoms with Crippen LogP contribution < -0.4 is 9.47 Å². The molecule has 1 aliphatic rings. The minimum atomic E-state index is -0.504. The molecule has 0 heterocycles. The fourth-order valence-corrected chi connectivity index (χ4v) is 6.70. The lowest BCUT2D eigenvalue weighted by Crippen LogP contribution is -2.32. The standard InChI is InChI=1S/C41H54O5/c1-9-24-40(8,12-4)45-36-23-21-34(28-30(36)6)41(25-14-13-15-26-41)33-20-22-35(29(5)27-33)44-37(42)31-16-18-32(19-17-31)38(43)46-39(7,10-2)11-3/h16-23,27-28H,9-15,24-26H2,1-8H3. The average Bonchev–Trinajstić information content (AvgIpc) is 3.07. The van der Waals surface area contributed by atoms with Crippen LogP contribution in [-0.4, -0.2) is 23.1 Å². The molecule has 0 aromatic heterocycles. The van der Waals surface area contributed by atoms with Crippen LogP contribution in [0, 0.1) is 13.8 Å². The van der Waals surface area contributed by atoms with E-state index in [0.29, 0.717) is 16.9 Å². The molecule has 3 aromatic carbocycles. The van der Waals surface area contributed by atoms with Crippen molar-refractivity contribution in [2.24, 2.45) is 0 Å². The van der Waals surface area contributed by atoms with Crippen molar-refractivity contribution in [1.29, 1.82) is 0 Å². The van der Waals surface area contributed by atoms with Crippen molar-refractivity contribution in [3.05, 3.63) is 94.0 Å². The Bertz CT molecular complexity index is 1490. The summed E-state index contributed by atoms with van der Waals surface area (Å²) in [5.74, 6) is 0.668. The van der Waals surface area contributed by atoms with E-state index < -0.39 is 11.6 Å². The lowest BCUT2D eigenvalue weighted by Gasteiger charge is -2.39. The highest BCUT2D eigenvalue weighted by Crippen LogP contribution is 2.47. The summed E-state index contributed by atoms with van der Waals surface area (Å²) in [4.78, 5) is 25.8. The number of benzene rings is 3. The monoisotopic (exact) mass is 626 g/mol. The van der Waals surface area contributed by atoms with Crippen LogP contribution in [0.25, 0.3) is 0 Å². The van der Waals surface area contributed by atoms with Gasteiger partial charge in [-0.25, -0.2) is 9.59 Å². The van der Waals surface area contributed by atoms with Crippen molar-refractivity contribution >= 4 is 11.9 Å². The first-order valence-electron chi connectivity index (χ1n) is 17.4. The van der Waals surface area contributed by atoms with Crippen molar-refractivity contribution < 1.29 is 23.8 Å². The number of rotatable bonds is 13. The van der Waals surface area contributed by atoms with Gasteiger partial charge >= 0.3 is 11.9 Å². The number of carbonyl (C=O) groups is 2. The summed E-state index contributed by atoms with van der Waals surface area (Å²) in [6, 6.07) is 19.5. The van der Waals surface area contributed by atoms with Gasteiger partial charge in [0.1, 0.15) is 22.7 Å².